The van der Waals surface area contributed by atoms with Crippen LogP contribution in [0.3, 0.4) is 0 Å². The first kappa shape index (κ1) is 11.1. The molecule has 0 saturated heterocycles. The number of nitrogens with zero attached hydrogens (tertiary/aromatic N) is 1. The van der Waals surface area contributed by atoms with Crippen molar-refractivity contribution in [3.63, 3.8) is 0 Å². The minimum Gasteiger partial charge on any atom is -0.391 e. The van der Waals surface area contributed by atoms with Crippen LogP contribution in [-0.4, -0.2) is 28.0 Å². The number of aliphatic hydroxyl groups is 1. The molecule has 86 valence electrons. The van der Waals surface area contributed by atoms with Gasteiger partial charge >= 0.3 is 0 Å². The number of ketones is 1. The summed E-state index contributed by atoms with van der Waals surface area (Å²) in [6.45, 7) is 1.52. The van der Waals surface area contributed by atoms with Gasteiger partial charge in [-0.25, -0.2) is 4.98 Å². The fourth-order valence-corrected chi connectivity index (χ4v) is 1.99. The third-order valence-electron chi connectivity index (χ3n) is 2.98. The van der Waals surface area contributed by atoms with E-state index in [9.17, 15) is 9.90 Å². The number of rotatable bonds is 3. The molecule has 1 aromatic rings. The number of Topliss-reactive ketones (excluding diaryl/α,β-unsaturated/α-hetero) is 1. The Hall–Kier alpha value is -1.42. The van der Waals surface area contributed by atoms with E-state index in [1.54, 1.807) is 18.3 Å². The SMILES string of the molecule is CC(=O)c1ccc(N[C@@H]2CCC[C@@H]2O)nc1. The van der Waals surface area contributed by atoms with Crippen molar-refractivity contribution in [2.24, 2.45) is 0 Å². The molecule has 0 unspecified atom stereocenters. The Morgan fingerprint density at radius 1 is 1.50 bits per heavy atom. The largest absolute Gasteiger partial charge is 0.391 e. The van der Waals surface area contributed by atoms with Gasteiger partial charge in [0.2, 0.25) is 0 Å². The van der Waals surface area contributed by atoms with Crippen molar-refractivity contribution in [3.05, 3.63) is 23.9 Å². The monoisotopic (exact) mass is 220 g/mol. The summed E-state index contributed by atoms with van der Waals surface area (Å²) >= 11 is 0. The summed E-state index contributed by atoms with van der Waals surface area (Å²) in [5.41, 5.74) is 0.609. The van der Waals surface area contributed by atoms with Crippen molar-refractivity contribution in [2.45, 2.75) is 38.3 Å². The zero-order chi connectivity index (χ0) is 11.5. The van der Waals surface area contributed by atoms with Gasteiger partial charge in [-0.05, 0) is 38.3 Å². The molecule has 16 heavy (non-hydrogen) atoms. The van der Waals surface area contributed by atoms with Crippen LogP contribution in [0.5, 0.6) is 0 Å². The van der Waals surface area contributed by atoms with Gasteiger partial charge in [-0.15, -0.1) is 0 Å². The molecule has 4 heteroatoms. The number of aliphatic hydroxyl groups excluding tert-OH is 1. The maximum absolute atomic E-state index is 11.1. The maximum Gasteiger partial charge on any atom is 0.161 e. The highest BCUT2D eigenvalue weighted by Gasteiger charge is 2.24. The van der Waals surface area contributed by atoms with Crippen LogP contribution in [0, 0.1) is 0 Å². The standard InChI is InChI=1S/C12H16N2O2/c1-8(15)9-5-6-12(13-7-9)14-10-3-2-4-11(10)16/h5-7,10-11,16H,2-4H2,1H3,(H,13,14)/t10-,11+/m1/s1. The Balaban J connectivity index is 2.02. The third kappa shape index (κ3) is 2.39. The molecule has 0 aliphatic heterocycles. The van der Waals surface area contributed by atoms with Crippen LogP contribution in [0.2, 0.25) is 0 Å². The lowest BCUT2D eigenvalue weighted by atomic mass is 10.2. The molecule has 1 saturated carbocycles. The molecule has 1 heterocycles. The quantitative estimate of drug-likeness (QED) is 0.760. The van der Waals surface area contributed by atoms with E-state index in [4.69, 9.17) is 0 Å². The summed E-state index contributed by atoms with van der Waals surface area (Å²) < 4.78 is 0. The molecule has 1 aromatic heterocycles. The molecule has 0 amide bonds. The topological polar surface area (TPSA) is 62.2 Å². The summed E-state index contributed by atoms with van der Waals surface area (Å²) in [6.07, 6.45) is 4.14. The summed E-state index contributed by atoms with van der Waals surface area (Å²) in [4.78, 5) is 15.2. The van der Waals surface area contributed by atoms with Gasteiger partial charge in [-0.1, -0.05) is 0 Å². The van der Waals surface area contributed by atoms with Crippen molar-refractivity contribution in [3.8, 4) is 0 Å². The van der Waals surface area contributed by atoms with Crippen LogP contribution < -0.4 is 5.32 Å². The Morgan fingerprint density at radius 2 is 2.31 bits per heavy atom. The summed E-state index contributed by atoms with van der Waals surface area (Å²) in [6, 6.07) is 3.62. The molecule has 2 N–H and O–H groups in total. The molecule has 1 aliphatic rings. The molecular formula is C12H16N2O2. The highest BCUT2D eigenvalue weighted by atomic mass is 16.3. The summed E-state index contributed by atoms with van der Waals surface area (Å²) in [7, 11) is 0. The number of carbonyl (C=O) groups excluding carboxylic acids is 1. The normalized spacial score (nSPS) is 24.4. The van der Waals surface area contributed by atoms with Gasteiger partial charge in [0.05, 0.1) is 12.1 Å². The van der Waals surface area contributed by atoms with Crippen LogP contribution in [0.4, 0.5) is 5.82 Å². The Labute approximate surface area is 94.7 Å². The van der Waals surface area contributed by atoms with E-state index >= 15 is 0 Å². The van der Waals surface area contributed by atoms with E-state index in [-0.39, 0.29) is 17.9 Å². The lowest BCUT2D eigenvalue weighted by Crippen LogP contribution is -2.28. The highest BCUT2D eigenvalue weighted by molar-refractivity contribution is 5.93. The van der Waals surface area contributed by atoms with E-state index in [1.165, 1.54) is 6.92 Å². The second kappa shape index (κ2) is 4.61. The Bertz CT molecular complexity index is 375. The van der Waals surface area contributed by atoms with Gasteiger partial charge in [0.25, 0.3) is 0 Å². The Kier molecular flexibility index (Phi) is 3.19. The first-order chi connectivity index (χ1) is 7.66. The van der Waals surface area contributed by atoms with Gasteiger partial charge in [0, 0.05) is 11.8 Å². The molecule has 0 spiro atoms. The number of aromatic nitrogens is 1. The molecular weight excluding hydrogens is 204 g/mol. The predicted molar refractivity (Wildman–Crippen MR) is 61.5 cm³/mol. The second-order valence-corrected chi connectivity index (χ2v) is 4.24. The number of hydrogen-bond donors (Lipinski definition) is 2. The smallest absolute Gasteiger partial charge is 0.161 e. The fraction of sp³-hybridized carbons (Fsp3) is 0.500. The number of pyridine rings is 1. The van der Waals surface area contributed by atoms with E-state index in [0.717, 1.165) is 25.1 Å². The van der Waals surface area contributed by atoms with E-state index in [1.807, 2.05) is 0 Å². The predicted octanol–water partition coefficient (Wildman–Crippen LogP) is 1.61. The zero-order valence-corrected chi connectivity index (χ0v) is 9.31. The highest BCUT2D eigenvalue weighted by Crippen LogP contribution is 2.22. The molecule has 4 nitrogen and oxygen atoms in total. The van der Waals surface area contributed by atoms with Gasteiger partial charge in [-0.3, -0.25) is 4.79 Å². The van der Waals surface area contributed by atoms with Gasteiger partial charge < -0.3 is 10.4 Å². The van der Waals surface area contributed by atoms with Crippen molar-refractivity contribution >= 4 is 11.6 Å². The van der Waals surface area contributed by atoms with Crippen molar-refractivity contribution in [1.29, 1.82) is 0 Å². The summed E-state index contributed by atoms with van der Waals surface area (Å²) in [5, 5.41) is 12.8. The van der Waals surface area contributed by atoms with E-state index in [0.29, 0.717) is 5.56 Å². The van der Waals surface area contributed by atoms with Crippen LogP contribution in [0.15, 0.2) is 18.3 Å². The molecule has 2 rings (SSSR count). The minimum absolute atomic E-state index is 0.0138. The van der Waals surface area contributed by atoms with Crippen molar-refractivity contribution < 1.29 is 9.90 Å². The van der Waals surface area contributed by atoms with Crippen molar-refractivity contribution in [1.82, 2.24) is 4.98 Å². The second-order valence-electron chi connectivity index (χ2n) is 4.24. The van der Waals surface area contributed by atoms with Gasteiger partial charge in [0.1, 0.15) is 5.82 Å². The Morgan fingerprint density at radius 3 is 2.81 bits per heavy atom. The zero-order valence-electron chi connectivity index (χ0n) is 9.31. The lowest BCUT2D eigenvalue weighted by Gasteiger charge is -2.16. The number of nitrogens with one attached hydrogen (secondary N) is 1. The molecule has 0 aromatic carbocycles. The third-order valence-corrected chi connectivity index (χ3v) is 2.98. The average molecular weight is 220 g/mol. The molecule has 0 bridgehead atoms. The van der Waals surface area contributed by atoms with Crippen LogP contribution in [-0.2, 0) is 0 Å². The number of anilines is 1. The van der Waals surface area contributed by atoms with Crippen molar-refractivity contribution in [2.75, 3.05) is 5.32 Å². The molecule has 1 aliphatic carbocycles. The maximum atomic E-state index is 11.1. The van der Waals surface area contributed by atoms with Gasteiger partial charge in [0.15, 0.2) is 5.78 Å². The average Bonchev–Trinajstić information content (AvgIpc) is 2.65. The fourth-order valence-electron chi connectivity index (χ4n) is 1.99. The molecule has 1 fully saturated rings. The van der Waals surface area contributed by atoms with Crippen LogP contribution in [0.25, 0.3) is 0 Å². The van der Waals surface area contributed by atoms with E-state index < -0.39 is 0 Å². The number of carbonyl (C=O) groups is 1. The first-order valence-electron chi connectivity index (χ1n) is 5.58. The van der Waals surface area contributed by atoms with Crippen LogP contribution >= 0.6 is 0 Å². The van der Waals surface area contributed by atoms with Crippen LogP contribution in [0.1, 0.15) is 36.5 Å². The number of hydrogen-bond acceptors (Lipinski definition) is 4. The molecule has 2 atom stereocenters. The summed E-state index contributed by atoms with van der Waals surface area (Å²) in [5.74, 6) is 0.732. The minimum atomic E-state index is -0.283. The molecule has 0 radical (unpaired) electrons. The van der Waals surface area contributed by atoms with Gasteiger partial charge in [-0.2, -0.15) is 0 Å². The van der Waals surface area contributed by atoms with E-state index in [2.05, 4.69) is 10.3 Å². The lowest BCUT2D eigenvalue weighted by molar-refractivity contribution is 0.101. The first-order valence-corrected chi connectivity index (χ1v) is 5.58.